The first-order valence-electron chi connectivity index (χ1n) is 8.12. The maximum Gasteiger partial charge on any atom is 0.237 e. The number of thioether (sulfide) groups is 1. The second-order valence-corrected chi connectivity index (χ2v) is 6.96. The van der Waals surface area contributed by atoms with E-state index in [4.69, 9.17) is 0 Å². The molecule has 128 valence electrons. The number of nitrogens with zero attached hydrogens (tertiary/aromatic N) is 3. The van der Waals surface area contributed by atoms with E-state index in [1.165, 1.54) is 0 Å². The number of hydrogen-bond acceptors (Lipinski definition) is 4. The summed E-state index contributed by atoms with van der Waals surface area (Å²) in [5.41, 5.74) is 0.896. The summed E-state index contributed by atoms with van der Waals surface area (Å²) >= 11 is 1.54. The number of carbonyl (C=O) groups is 3. The van der Waals surface area contributed by atoms with Crippen molar-refractivity contribution in [2.24, 2.45) is 0 Å². The van der Waals surface area contributed by atoms with Crippen LogP contribution in [-0.2, 0) is 14.4 Å². The number of fused-ring (bicyclic) bond motifs is 1. The van der Waals surface area contributed by atoms with E-state index in [1.807, 2.05) is 24.3 Å². The van der Waals surface area contributed by atoms with Gasteiger partial charge in [0, 0.05) is 51.0 Å². The number of amides is 3. The number of rotatable bonds is 3. The van der Waals surface area contributed by atoms with Gasteiger partial charge in [0.15, 0.2) is 0 Å². The first-order chi connectivity index (χ1) is 11.6. The molecule has 1 fully saturated rings. The molecule has 1 saturated heterocycles. The maximum absolute atomic E-state index is 12.4. The van der Waals surface area contributed by atoms with E-state index in [1.54, 1.807) is 33.4 Å². The number of benzene rings is 1. The van der Waals surface area contributed by atoms with Crippen LogP contribution in [0, 0.1) is 0 Å². The lowest BCUT2D eigenvalue weighted by molar-refractivity contribution is -0.138. The Morgan fingerprint density at radius 1 is 1.08 bits per heavy atom. The molecule has 0 radical (unpaired) electrons. The Hall–Kier alpha value is -2.02. The lowest BCUT2D eigenvalue weighted by atomic mass is 10.2. The highest BCUT2D eigenvalue weighted by Gasteiger charge is 2.27. The standard InChI is InChI=1S/C17H21N3O3S/c1-13(21)18-8-10-19(11-9-18)16(22)6-7-20-14-4-2-3-5-15(14)24-12-17(20)23/h2-5H,6-12H2,1H3. The van der Waals surface area contributed by atoms with Gasteiger partial charge in [-0.2, -0.15) is 0 Å². The third kappa shape index (κ3) is 3.56. The summed E-state index contributed by atoms with van der Waals surface area (Å²) in [4.78, 5) is 42.3. The van der Waals surface area contributed by atoms with Crippen LogP contribution in [0.4, 0.5) is 5.69 Å². The van der Waals surface area contributed by atoms with Crippen LogP contribution in [0.5, 0.6) is 0 Å². The molecule has 0 aromatic heterocycles. The summed E-state index contributed by atoms with van der Waals surface area (Å²) in [6, 6.07) is 7.80. The molecule has 1 aromatic rings. The molecule has 0 spiro atoms. The lowest BCUT2D eigenvalue weighted by Crippen LogP contribution is -2.50. The van der Waals surface area contributed by atoms with Gasteiger partial charge in [-0.05, 0) is 12.1 Å². The van der Waals surface area contributed by atoms with E-state index >= 15 is 0 Å². The normalized spacial score (nSPS) is 17.7. The second-order valence-electron chi connectivity index (χ2n) is 5.94. The average Bonchev–Trinajstić information content (AvgIpc) is 2.60. The van der Waals surface area contributed by atoms with Crippen molar-refractivity contribution < 1.29 is 14.4 Å². The first-order valence-corrected chi connectivity index (χ1v) is 9.10. The van der Waals surface area contributed by atoms with E-state index in [2.05, 4.69) is 0 Å². The maximum atomic E-state index is 12.4. The largest absolute Gasteiger partial charge is 0.339 e. The molecule has 0 bridgehead atoms. The van der Waals surface area contributed by atoms with Crippen molar-refractivity contribution in [3.8, 4) is 0 Å². The zero-order valence-corrected chi connectivity index (χ0v) is 14.6. The third-order valence-corrected chi connectivity index (χ3v) is 5.48. The van der Waals surface area contributed by atoms with Crippen molar-refractivity contribution in [2.45, 2.75) is 18.2 Å². The molecule has 2 aliphatic heterocycles. The molecule has 24 heavy (non-hydrogen) atoms. The van der Waals surface area contributed by atoms with Crippen LogP contribution in [0.15, 0.2) is 29.2 Å². The minimum atomic E-state index is 0.0432. The summed E-state index contributed by atoms with van der Waals surface area (Å²) in [6.07, 6.45) is 0.310. The summed E-state index contributed by atoms with van der Waals surface area (Å²) in [6.45, 7) is 4.26. The SMILES string of the molecule is CC(=O)N1CCN(C(=O)CCN2C(=O)CSc3ccccc32)CC1. The van der Waals surface area contributed by atoms with Gasteiger partial charge < -0.3 is 14.7 Å². The van der Waals surface area contributed by atoms with Gasteiger partial charge in [-0.1, -0.05) is 12.1 Å². The highest BCUT2D eigenvalue weighted by Crippen LogP contribution is 2.34. The Bertz CT molecular complexity index is 656. The molecule has 7 heteroatoms. The fraction of sp³-hybridized carbons (Fsp3) is 0.471. The van der Waals surface area contributed by atoms with Crippen LogP contribution >= 0.6 is 11.8 Å². The van der Waals surface area contributed by atoms with Gasteiger partial charge in [0.25, 0.3) is 0 Å². The molecule has 0 N–H and O–H groups in total. The van der Waals surface area contributed by atoms with Crippen LogP contribution in [0.2, 0.25) is 0 Å². The quantitative estimate of drug-likeness (QED) is 0.824. The van der Waals surface area contributed by atoms with Gasteiger partial charge in [0.2, 0.25) is 17.7 Å². The summed E-state index contributed by atoms with van der Waals surface area (Å²) in [5, 5.41) is 0. The van der Waals surface area contributed by atoms with E-state index in [0.717, 1.165) is 10.6 Å². The number of para-hydroxylation sites is 1. The number of carbonyl (C=O) groups excluding carboxylic acids is 3. The van der Waals surface area contributed by atoms with E-state index in [9.17, 15) is 14.4 Å². The number of piperazine rings is 1. The van der Waals surface area contributed by atoms with Crippen LogP contribution < -0.4 is 4.90 Å². The average molecular weight is 347 g/mol. The highest BCUT2D eigenvalue weighted by atomic mass is 32.2. The second kappa shape index (κ2) is 7.25. The molecule has 2 heterocycles. The summed E-state index contributed by atoms with van der Waals surface area (Å²) < 4.78 is 0. The zero-order chi connectivity index (χ0) is 17.1. The van der Waals surface area contributed by atoms with Crippen LogP contribution in [-0.4, -0.2) is 66.0 Å². The minimum Gasteiger partial charge on any atom is -0.339 e. The molecular formula is C17H21N3O3S. The van der Waals surface area contributed by atoms with Crippen molar-refractivity contribution in [3.05, 3.63) is 24.3 Å². The van der Waals surface area contributed by atoms with Gasteiger partial charge in [0.1, 0.15) is 0 Å². The number of anilines is 1. The van der Waals surface area contributed by atoms with Crippen molar-refractivity contribution in [1.29, 1.82) is 0 Å². The van der Waals surface area contributed by atoms with Crippen LogP contribution in [0.3, 0.4) is 0 Å². The Kier molecular flexibility index (Phi) is 5.08. The molecule has 1 aromatic carbocycles. The molecule has 3 rings (SSSR count). The van der Waals surface area contributed by atoms with Crippen molar-refractivity contribution in [2.75, 3.05) is 43.4 Å². The lowest BCUT2D eigenvalue weighted by Gasteiger charge is -2.35. The Morgan fingerprint density at radius 3 is 2.46 bits per heavy atom. The van der Waals surface area contributed by atoms with E-state index < -0.39 is 0 Å². The van der Waals surface area contributed by atoms with E-state index in [0.29, 0.717) is 44.9 Å². The molecule has 0 atom stereocenters. The molecular weight excluding hydrogens is 326 g/mol. The van der Waals surface area contributed by atoms with Gasteiger partial charge >= 0.3 is 0 Å². The van der Waals surface area contributed by atoms with Crippen molar-refractivity contribution >= 4 is 35.2 Å². The minimum absolute atomic E-state index is 0.0432. The van der Waals surface area contributed by atoms with Crippen LogP contribution in [0.25, 0.3) is 0 Å². The fourth-order valence-corrected chi connectivity index (χ4v) is 3.97. The smallest absolute Gasteiger partial charge is 0.237 e. The third-order valence-electron chi connectivity index (χ3n) is 4.44. The van der Waals surface area contributed by atoms with Crippen molar-refractivity contribution in [3.63, 3.8) is 0 Å². The van der Waals surface area contributed by atoms with Crippen molar-refractivity contribution in [1.82, 2.24) is 9.80 Å². The van der Waals surface area contributed by atoms with Crippen LogP contribution in [0.1, 0.15) is 13.3 Å². The molecule has 0 aliphatic carbocycles. The van der Waals surface area contributed by atoms with Gasteiger partial charge in [-0.15, -0.1) is 11.8 Å². The van der Waals surface area contributed by atoms with Gasteiger partial charge in [-0.3, -0.25) is 14.4 Å². The predicted octanol–water partition coefficient (Wildman–Crippen LogP) is 1.21. The van der Waals surface area contributed by atoms with Gasteiger partial charge in [0.05, 0.1) is 11.4 Å². The first kappa shape index (κ1) is 16.8. The molecule has 0 unspecified atom stereocenters. The molecule has 3 amide bonds. The molecule has 6 nitrogen and oxygen atoms in total. The monoisotopic (exact) mass is 347 g/mol. The highest BCUT2D eigenvalue weighted by molar-refractivity contribution is 8.00. The Labute approximate surface area is 145 Å². The predicted molar refractivity (Wildman–Crippen MR) is 93.0 cm³/mol. The topological polar surface area (TPSA) is 60.9 Å². The summed E-state index contributed by atoms with van der Waals surface area (Å²) in [5.74, 6) is 0.562. The van der Waals surface area contributed by atoms with Gasteiger partial charge in [-0.25, -0.2) is 0 Å². The van der Waals surface area contributed by atoms with E-state index in [-0.39, 0.29) is 17.7 Å². The number of hydrogen-bond donors (Lipinski definition) is 0. The summed E-state index contributed by atoms with van der Waals surface area (Å²) in [7, 11) is 0. The Balaban J connectivity index is 1.57. The Morgan fingerprint density at radius 2 is 1.75 bits per heavy atom. The zero-order valence-electron chi connectivity index (χ0n) is 13.7. The fourth-order valence-electron chi connectivity index (χ4n) is 3.04. The molecule has 2 aliphatic rings. The molecule has 0 saturated carbocycles.